The molecule has 3 N–H and O–H groups in total. The SMILES string of the molecule is O=[N+]([O-])c1cc(S(=O)(=O)Nc2ccccc2)ccc1NC[C@@H](O)c1ccccc1. The van der Waals surface area contributed by atoms with Gasteiger partial charge in [-0.3, -0.25) is 14.8 Å². The molecule has 0 aliphatic heterocycles. The average molecular weight is 413 g/mol. The van der Waals surface area contributed by atoms with Crippen molar-refractivity contribution in [1.29, 1.82) is 0 Å². The van der Waals surface area contributed by atoms with E-state index < -0.39 is 26.7 Å². The number of nitro benzene ring substituents is 1. The van der Waals surface area contributed by atoms with Crippen LogP contribution in [0.4, 0.5) is 17.1 Å². The smallest absolute Gasteiger partial charge is 0.293 e. The van der Waals surface area contributed by atoms with E-state index in [2.05, 4.69) is 10.0 Å². The summed E-state index contributed by atoms with van der Waals surface area (Å²) in [6, 6.07) is 20.7. The quantitative estimate of drug-likeness (QED) is 0.384. The number of anilines is 2. The van der Waals surface area contributed by atoms with Crippen LogP contribution in [0.2, 0.25) is 0 Å². The van der Waals surface area contributed by atoms with Crippen molar-refractivity contribution in [2.24, 2.45) is 0 Å². The van der Waals surface area contributed by atoms with Crippen LogP contribution in [0.3, 0.4) is 0 Å². The van der Waals surface area contributed by atoms with Gasteiger partial charge >= 0.3 is 0 Å². The fourth-order valence-corrected chi connectivity index (χ4v) is 3.78. The summed E-state index contributed by atoms with van der Waals surface area (Å²) < 4.78 is 27.5. The van der Waals surface area contributed by atoms with Crippen LogP contribution >= 0.6 is 0 Å². The van der Waals surface area contributed by atoms with E-state index in [0.717, 1.165) is 6.07 Å². The van der Waals surface area contributed by atoms with Gasteiger partial charge in [0.1, 0.15) is 5.69 Å². The number of benzene rings is 3. The highest BCUT2D eigenvalue weighted by Crippen LogP contribution is 2.29. The number of hydrogen-bond donors (Lipinski definition) is 3. The van der Waals surface area contributed by atoms with Gasteiger partial charge in [0.05, 0.1) is 15.9 Å². The Bertz CT molecular complexity index is 1090. The summed E-state index contributed by atoms with van der Waals surface area (Å²) >= 11 is 0. The van der Waals surface area contributed by atoms with Crippen LogP contribution in [-0.4, -0.2) is 25.0 Å². The number of para-hydroxylation sites is 1. The van der Waals surface area contributed by atoms with Gasteiger partial charge in [-0.15, -0.1) is 0 Å². The number of aliphatic hydroxyl groups is 1. The Balaban J connectivity index is 1.81. The molecule has 0 bridgehead atoms. The maximum Gasteiger partial charge on any atom is 0.293 e. The molecule has 0 saturated carbocycles. The summed E-state index contributed by atoms with van der Waals surface area (Å²) in [5, 5.41) is 24.5. The molecule has 3 rings (SSSR count). The van der Waals surface area contributed by atoms with E-state index in [4.69, 9.17) is 0 Å². The number of nitrogens with zero attached hydrogens (tertiary/aromatic N) is 1. The molecule has 0 heterocycles. The Hall–Kier alpha value is -3.43. The van der Waals surface area contributed by atoms with E-state index in [1.807, 2.05) is 6.07 Å². The topological polar surface area (TPSA) is 122 Å². The van der Waals surface area contributed by atoms with Gasteiger partial charge in [-0.1, -0.05) is 48.5 Å². The molecule has 0 amide bonds. The average Bonchev–Trinajstić information content (AvgIpc) is 2.72. The van der Waals surface area contributed by atoms with Gasteiger partial charge in [0, 0.05) is 18.3 Å². The molecular formula is C20H19N3O5S. The molecule has 0 spiro atoms. The molecule has 0 unspecified atom stereocenters. The van der Waals surface area contributed by atoms with Crippen molar-refractivity contribution >= 4 is 27.1 Å². The van der Waals surface area contributed by atoms with Crippen molar-refractivity contribution in [2.45, 2.75) is 11.0 Å². The number of sulfonamides is 1. The van der Waals surface area contributed by atoms with Crippen molar-refractivity contribution in [1.82, 2.24) is 0 Å². The Morgan fingerprint density at radius 1 is 0.966 bits per heavy atom. The lowest BCUT2D eigenvalue weighted by molar-refractivity contribution is -0.384. The lowest BCUT2D eigenvalue weighted by atomic mass is 10.1. The molecule has 0 aliphatic rings. The maximum absolute atomic E-state index is 12.5. The van der Waals surface area contributed by atoms with Crippen LogP contribution in [0, 0.1) is 10.1 Å². The Kier molecular flexibility index (Phi) is 6.10. The van der Waals surface area contributed by atoms with Crippen LogP contribution < -0.4 is 10.0 Å². The molecule has 150 valence electrons. The molecule has 9 heteroatoms. The molecule has 3 aromatic carbocycles. The minimum absolute atomic E-state index is 0.0270. The van der Waals surface area contributed by atoms with Gasteiger partial charge in [-0.25, -0.2) is 8.42 Å². The van der Waals surface area contributed by atoms with Crippen molar-refractivity contribution in [3.8, 4) is 0 Å². The summed E-state index contributed by atoms with van der Waals surface area (Å²) in [6.07, 6.45) is -0.876. The fraction of sp³-hybridized carbons (Fsp3) is 0.100. The van der Waals surface area contributed by atoms with Gasteiger partial charge in [0.2, 0.25) is 0 Å². The first-order valence-corrected chi connectivity index (χ1v) is 10.2. The normalized spacial score (nSPS) is 12.2. The number of nitro groups is 1. The van der Waals surface area contributed by atoms with Crippen LogP contribution in [0.15, 0.2) is 83.8 Å². The Labute approximate surface area is 168 Å². The van der Waals surface area contributed by atoms with E-state index in [0.29, 0.717) is 11.3 Å². The highest BCUT2D eigenvalue weighted by molar-refractivity contribution is 7.92. The molecule has 29 heavy (non-hydrogen) atoms. The summed E-state index contributed by atoms with van der Waals surface area (Å²) in [6.45, 7) is 0.0270. The van der Waals surface area contributed by atoms with Gasteiger partial charge in [0.25, 0.3) is 15.7 Å². The monoisotopic (exact) mass is 413 g/mol. The second-order valence-electron chi connectivity index (χ2n) is 6.21. The summed E-state index contributed by atoms with van der Waals surface area (Å²) in [4.78, 5) is 10.6. The van der Waals surface area contributed by atoms with Crippen molar-refractivity contribution < 1.29 is 18.4 Å². The third-order valence-corrected chi connectivity index (χ3v) is 5.55. The van der Waals surface area contributed by atoms with Crippen molar-refractivity contribution in [3.63, 3.8) is 0 Å². The summed E-state index contributed by atoms with van der Waals surface area (Å²) in [5.74, 6) is 0. The lowest BCUT2D eigenvalue weighted by Crippen LogP contribution is -2.15. The van der Waals surface area contributed by atoms with Crippen molar-refractivity contribution in [3.05, 3.63) is 94.5 Å². The van der Waals surface area contributed by atoms with Gasteiger partial charge in [0.15, 0.2) is 0 Å². The molecule has 1 atom stereocenters. The zero-order chi connectivity index (χ0) is 20.9. The first-order valence-electron chi connectivity index (χ1n) is 8.70. The minimum atomic E-state index is -3.99. The van der Waals surface area contributed by atoms with Gasteiger partial charge < -0.3 is 10.4 Å². The second-order valence-corrected chi connectivity index (χ2v) is 7.90. The van der Waals surface area contributed by atoms with E-state index in [1.165, 1.54) is 12.1 Å². The van der Waals surface area contributed by atoms with Gasteiger partial charge in [-0.2, -0.15) is 0 Å². The zero-order valence-electron chi connectivity index (χ0n) is 15.2. The molecule has 0 aromatic heterocycles. The maximum atomic E-state index is 12.5. The predicted octanol–water partition coefficient (Wildman–Crippen LogP) is 3.54. The summed E-state index contributed by atoms with van der Waals surface area (Å²) in [7, 11) is -3.99. The highest BCUT2D eigenvalue weighted by atomic mass is 32.2. The lowest BCUT2D eigenvalue weighted by Gasteiger charge is -2.14. The van der Waals surface area contributed by atoms with Crippen molar-refractivity contribution in [2.75, 3.05) is 16.6 Å². The second kappa shape index (κ2) is 8.72. The molecule has 3 aromatic rings. The van der Waals surface area contributed by atoms with E-state index in [9.17, 15) is 23.6 Å². The zero-order valence-corrected chi connectivity index (χ0v) is 16.0. The van der Waals surface area contributed by atoms with Crippen LogP contribution in [0.25, 0.3) is 0 Å². The first kappa shape index (κ1) is 20.3. The Morgan fingerprint density at radius 3 is 2.21 bits per heavy atom. The molecule has 0 saturated heterocycles. The molecule has 0 fully saturated rings. The number of hydrogen-bond acceptors (Lipinski definition) is 6. The molecule has 8 nitrogen and oxygen atoms in total. The standard InChI is InChI=1S/C20H19N3O5S/c24-20(15-7-3-1-4-8-15)14-21-18-12-11-17(13-19(18)23(25)26)29(27,28)22-16-9-5-2-6-10-16/h1-13,20-22,24H,14H2/t20-/m1/s1. The third-order valence-electron chi connectivity index (χ3n) is 4.17. The molecular weight excluding hydrogens is 394 g/mol. The number of nitrogens with one attached hydrogen (secondary N) is 2. The van der Waals surface area contributed by atoms with Crippen LogP contribution in [-0.2, 0) is 10.0 Å². The van der Waals surface area contributed by atoms with E-state index in [-0.39, 0.29) is 17.1 Å². The third kappa shape index (κ3) is 5.09. The predicted molar refractivity (Wildman–Crippen MR) is 110 cm³/mol. The fourth-order valence-electron chi connectivity index (χ4n) is 2.70. The highest BCUT2D eigenvalue weighted by Gasteiger charge is 2.22. The number of aliphatic hydroxyl groups excluding tert-OH is 1. The van der Waals surface area contributed by atoms with Gasteiger partial charge in [-0.05, 0) is 29.8 Å². The van der Waals surface area contributed by atoms with E-state index in [1.54, 1.807) is 54.6 Å². The summed E-state index contributed by atoms with van der Waals surface area (Å²) in [5.41, 5.74) is 0.724. The Morgan fingerprint density at radius 2 is 1.59 bits per heavy atom. The van der Waals surface area contributed by atoms with Crippen LogP contribution in [0.5, 0.6) is 0 Å². The largest absolute Gasteiger partial charge is 0.387 e. The molecule has 0 aliphatic carbocycles. The van der Waals surface area contributed by atoms with Crippen LogP contribution in [0.1, 0.15) is 11.7 Å². The number of rotatable bonds is 8. The minimum Gasteiger partial charge on any atom is -0.387 e. The van der Waals surface area contributed by atoms with E-state index >= 15 is 0 Å². The first-order chi connectivity index (χ1) is 13.9. The molecule has 0 radical (unpaired) electrons.